The number of nitrogens with one attached hydrogen (secondary N) is 1. The number of hydrogen-bond acceptors (Lipinski definition) is 6. The first kappa shape index (κ1) is 22.9. The van der Waals surface area contributed by atoms with Crippen molar-refractivity contribution in [1.82, 2.24) is 9.55 Å². The number of carbonyl (C=O) groups is 1. The minimum absolute atomic E-state index is 0.0494. The molecule has 0 saturated carbocycles. The minimum atomic E-state index is -0.749. The molecule has 0 spiro atoms. The van der Waals surface area contributed by atoms with E-state index in [4.69, 9.17) is 14.9 Å². The van der Waals surface area contributed by atoms with Crippen molar-refractivity contribution >= 4 is 28.2 Å². The number of nitrogen functional groups attached to an aromatic ring is 1. The molecule has 176 valence electrons. The molecule has 0 atom stereocenters. The van der Waals surface area contributed by atoms with Crippen LogP contribution < -0.4 is 26.6 Å². The van der Waals surface area contributed by atoms with E-state index in [0.717, 1.165) is 17.2 Å². The van der Waals surface area contributed by atoms with Gasteiger partial charge in [0, 0.05) is 6.54 Å². The normalized spacial score (nSPS) is 11.0. The van der Waals surface area contributed by atoms with Gasteiger partial charge < -0.3 is 14.9 Å². The first-order valence-corrected chi connectivity index (χ1v) is 11.0. The first-order valence-electron chi connectivity index (χ1n) is 11.0. The standard InChI is InChI=1S/C25H26N4O5/c1-2-3-12-28-23(26)22(24(31)27-25(28)32)29(15-20-9-6-13-33-20)21(30)16-34-19-11-10-17-7-4-5-8-18(17)14-19/h4-11,13-14H,2-3,12,15-16,26H2,1H3,(H,27,31,32). The van der Waals surface area contributed by atoms with Crippen molar-refractivity contribution in [3.63, 3.8) is 0 Å². The summed E-state index contributed by atoms with van der Waals surface area (Å²) in [5, 5.41) is 2.03. The summed E-state index contributed by atoms with van der Waals surface area (Å²) in [6.45, 7) is 1.91. The molecule has 2 heterocycles. The van der Waals surface area contributed by atoms with Crippen LogP contribution in [0.25, 0.3) is 10.8 Å². The predicted molar refractivity (Wildman–Crippen MR) is 130 cm³/mol. The van der Waals surface area contributed by atoms with E-state index in [9.17, 15) is 14.4 Å². The highest BCUT2D eigenvalue weighted by molar-refractivity contribution is 5.96. The van der Waals surface area contributed by atoms with E-state index in [1.807, 2.05) is 43.3 Å². The van der Waals surface area contributed by atoms with Gasteiger partial charge in [0.25, 0.3) is 11.5 Å². The smallest absolute Gasteiger partial charge is 0.330 e. The molecule has 34 heavy (non-hydrogen) atoms. The number of hydrogen-bond donors (Lipinski definition) is 2. The summed E-state index contributed by atoms with van der Waals surface area (Å²) in [6.07, 6.45) is 2.99. The summed E-state index contributed by atoms with van der Waals surface area (Å²) < 4.78 is 12.4. The van der Waals surface area contributed by atoms with Crippen LogP contribution in [-0.4, -0.2) is 22.1 Å². The molecule has 4 rings (SSSR count). The zero-order chi connectivity index (χ0) is 24.1. The Labute approximate surface area is 195 Å². The fraction of sp³-hybridized carbons (Fsp3) is 0.240. The fourth-order valence-corrected chi connectivity index (χ4v) is 3.71. The number of nitrogens with zero attached hydrogens (tertiary/aromatic N) is 2. The second-order valence-corrected chi connectivity index (χ2v) is 7.86. The number of furan rings is 1. The number of carbonyl (C=O) groups excluding carboxylic acids is 1. The molecule has 3 N–H and O–H groups in total. The second kappa shape index (κ2) is 10.1. The number of nitrogens with two attached hydrogens (primary N) is 1. The van der Waals surface area contributed by atoms with Gasteiger partial charge in [0.1, 0.15) is 17.3 Å². The monoisotopic (exact) mass is 462 g/mol. The largest absolute Gasteiger partial charge is 0.484 e. The Kier molecular flexibility index (Phi) is 6.82. The number of amides is 1. The third-order valence-corrected chi connectivity index (χ3v) is 5.50. The van der Waals surface area contributed by atoms with Crippen LogP contribution in [0.3, 0.4) is 0 Å². The van der Waals surface area contributed by atoms with Crippen LogP contribution in [0.2, 0.25) is 0 Å². The van der Waals surface area contributed by atoms with Crippen molar-refractivity contribution in [2.45, 2.75) is 32.9 Å². The van der Waals surface area contributed by atoms with Crippen LogP contribution in [0.15, 0.2) is 74.9 Å². The summed E-state index contributed by atoms with van der Waals surface area (Å²) in [7, 11) is 0. The van der Waals surface area contributed by atoms with E-state index in [2.05, 4.69) is 4.98 Å². The van der Waals surface area contributed by atoms with Crippen LogP contribution in [0.5, 0.6) is 5.75 Å². The fourth-order valence-electron chi connectivity index (χ4n) is 3.71. The topological polar surface area (TPSA) is 124 Å². The molecule has 9 heteroatoms. The molecule has 2 aromatic carbocycles. The number of anilines is 2. The molecular formula is C25H26N4O5. The molecular weight excluding hydrogens is 436 g/mol. The van der Waals surface area contributed by atoms with E-state index in [1.165, 1.54) is 15.7 Å². The average molecular weight is 463 g/mol. The Balaban J connectivity index is 1.65. The maximum absolute atomic E-state index is 13.3. The number of aromatic nitrogens is 2. The van der Waals surface area contributed by atoms with Crippen molar-refractivity contribution in [1.29, 1.82) is 0 Å². The predicted octanol–water partition coefficient (Wildman–Crippen LogP) is 3.28. The lowest BCUT2D eigenvalue weighted by Gasteiger charge is -2.24. The van der Waals surface area contributed by atoms with Gasteiger partial charge in [-0.25, -0.2) is 4.79 Å². The van der Waals surface area contributed by atoms with Gasteiger partial charge >= 0.3 is 5.69 Å². The Morgan fingerprint density at radius 3 is 2.65 bits per heavy atom. The molecule has 9 nitrogen and oxygen atoms in total. The van der Waals surface area contributed by atoms with Crippen LogP contribution >= 0.6 is 0 Å². The van der Waals surface area contributed by atoms with Crippen molar-refractivity contribution in [3.8, 4) is 5.75 Å². The number of aromatic amines is 1. The highest BCUT2D eigenvalue weighted by Crippen LogP contribution is 2.23. The van der Waals surface area contributed by atoms with Gasteiger partial charge in [0.15, 0.2) is 12.3 Å². The number of ether oxygens (including phenoxy) is 1. The Bertz CT molecular complexity index is 1410. The lowest BCUT2D eigenvalue weighted by atomic mass is 10.1. The van der Waals surface area contributed by atoms with Crippen LogP contribution in [-0.2, 0) is 17.9 Å². The molecule has 0 unspecified atom stereocenters. The van der Waals surface area contributed by atoms with E-state index < -0.39 is 17.2 Å². The molecule has 0 fully saturated rings. The van der Waals surface area contributed by atoms with Crippen LogP contribution in [0.4, 0.5) is 11.5 Å². The van der Waals surface area contributed by atoms with Gasteiger partial charge in [-0.1, -0.05) is 43.7 Å². The first-order chi connectivity index (χ1) is 16.5. The number of benzene rings is 2. The van der Waals surface area contributed by atoms with Crippen molar-refractivity contribution in [2.75, 3.05) is 17.2 Å². The maximum Gasteiger partial charge on any atom is 0.330 e. The van der Waals surface area contributed by atoms with Crippen LogP contribution in [0, 0.1) is 0 Å². The molecule has 0 aliphatic heterocycles. The summed E-state index contributed by atoms with van der Waals surface area (Å²) in [5.74, 6) is 0.374. The maximum atomic E-state index is 13.3. The van der Waals surface area contributed by atoms with Gasteiger partial charge in [-0.2, -0.15) is 0 Å². The van der Waals surface area contributed by atoms with E-state index >= 15 is 0 Å². The van der Waals surface area contributed by atoms with E-state index in [-0.39, 0.29) is 24.7 Å². The zero-order valence-electron chi connectivity index (χ0n) is 18.8. The van der Waals surface area contributed by atoms with Crippen LogP contribution in [0.1, 0.15) is 25.5 Å². The highest BCUT2D eigenvalue weighted by atomic mass is 16.5. The van der Waals surface area contributed by atoms with Gasteiger partial charge in [0.05, 0.1) is 12.8 Å². The van der Waals surface area contributed by atoms with Crippen molar-refractivity contribution in [3.05, 3.63) is 87.5 Å². The summed E-state index contributed by atoms with van der Waals surface area (Å²) in [5.41, 5.74) is 4.77. The Morgan fingerprint density at radius 2 is 1.91 bits per heavy atom. The summed E-state index contributed by atoms with van der Waals surface area (Å²) in [4.78, 5) is 41.8. The lowest BCUT2D eigenvalue weighted by Crippen LogP contribution is -2.42. The molecule has 4 aromatic rings. The molecule has 0 aliphatic rings. The third-order valence-electron chi connectivity index (χ3n) is 5.50. The average Bonchev–Trinajstić information content (AvgIpc) is 3.35. The van der Waals surface area contributed by atoms with Crippen molar-refractivity contribution in [2.24, 2.45) is 0 Å². The van der Waals surface area contributed by atoms with Gasteiger partial charge in [-0.15, -0.1) is 0 Å². The van der Waals surface area contributed by atoms with Gasteiger partial charge in [-0.3, -0.25) is 24.0 Å². The number of fused-ring (bicyclic) bond motifs is 1. The molecule has 0 bridgehead atoms. The SMILES string of the molecule is CCCCn1c(N)c(N(Cc2ccco2)C(=O)COc2ccc3ccccc3c2)c(=O)[nH]c1=O. The lowest BCUT2D eigenvalue weighted by molar-refractivity contribution is -0.120. The summed E-state index contributed by atoms with van der Waals surface area (Å²) >= 11 is 0. The molecule has 0 radical (unpaired) electrons. The molecule has 0 aliphatic carbocycles. The molecule has 1 amide bonds. The highest BCUT2D eigenvalue weighted by Gasteiger charge is 2.25. The number of rotatable bonds is 9. The minimum Gasteiger partial charge on any atom is -0.484 e. The molecule has 2 aromatic heterocycles. The third kappa shape index (κ3) is 4.88. The Hall–Kier alpha value is -4.27. The summed E-state index contributed by atoms with van der Waals surface area (Å²) in [6, 6.07) is 16.7. The van der Waals surface area contributed by atoms with E-state index in [0.29, 0.717) is 24.5 Å². The van der Waals surface area contributed by atoms with E-state index in [1.54, 1.807) is 18.2 Å². The number of H-pyrrole nitrogens is 1. The van der Waals surface area contributed by atoms with Gasteiger partial charge in [-0.05, 0) is 41.5 Å². The van der Waals surface area contributed by atoms with Gasteiger partial charge in [0.2, 0.25) is 0 Å². The molecule has 0 saturated heterocycles. The number of unbranched alkanes of at least 4 members (excludes halogenated alkanes) is 1. The Morgan fingerprint density at radius 1 is 1.12 bits per heavy atom. The van der Waals surface area contributed by atoms with Crippen molar-refractivity contribution < 1.29 is 13.9 Å². The second-order valence-electron chi connectivity index (χ2n) is 7.86. The zero-order valence-corrected chi connectivity index (χ0v) is 18.8. The quantitative estimate of drug-likeness (QED) is 0.393.